The van der Waals surface area contributed by atoms with Crippen molar-refractivity contribution in [2.75, 3.05) is 19.7 Å². The lowest BCUT2D eigenvalue weighted by Crippen LogP contribution is -2.58. The van der Waals surface area contributed by atoms with Crippen LogP contribution in [0.5, 0.6) is 0 Å². The number of aliphatic hydroxyl groups is 1. The summed E-state index contributed by atoms with van der Waals surface area (Å²) in [7, 11) is 0. The normalized spacial score (nSPS) is 20.2. The standard InChI is InChI=1S/C26H30N2O6/c1-26(24(31)32)12-6-7-13-28(26)23(30)14-17(29)15-27-25(33)34-16-22-20-10-4-2-8-18(20)19-9-3-5-11-21(19)22/h2-5,8-11,17,22,29H,6-7,12-16H2,1H3,(H,27,33)(H,31,32). The molecule has 8 nitrogen and oxygen atoms in total. The van der Waals surface area contributed by atoms with E-state index in [-0.39, 0.29) is 25.5 Å². The SMILES string of the molecule is CC1(C(=O)O)CCCCN1C(=O)CC(O)CNC(=O)OCC1c2ccccc2-c2ccccc21. The Morgan fingerprint density at radius 2 is 1.71 bits per heavy atom. The molecule has 0 radical (unpaired) electrons. The average Bonchev–Trinajstić information content (AvgIpc) is 3.15. The highest BCUT2D eigenvalue weighted by Gasteiger charge is 2.44. The maximum atomic E-state index is 12.7. The molecule has 1 aliphatic heterocycles. The number of piperidine rings is 1. The van der Waals surface area contributed by atoms with Gasteiger partial charge < -0.3 is 25.2 Å². The Balaban J connectivity index is 1.28. The number of ether oxygens (including phenoxy) is 1. The second kappa shape index (κ2) is 9.85. The van der Waals surface area contributed by atoms with Gasteiger partial charge in [0, 0.05) is 19.0 Å². The van der Waals surface area contributed by atoms with Crippen LogP contribution in [0.15, 0.2) is 48.5 Å². The number of likely N-dealkylation sites (tertiary alicyclic amines) is 1. The lowest BCUT2D eigenvalue weighted by Gasteiger charge is -2.42. The zero-order chi connectivity index (χ0) is 24.3. The zero-order valence-electron chi connectivity index (χ0n) is 19.2. The van der Waals surface area contributed by atoms with Crippen LogP contribution in [0.25, 0.3) is 11.1 Å². The molecule has 1 aliphatic carbocycles. The van der Waals surface area contributed by atoms with Crippen molar-refractivity contribution in [3.05, 3.63) is 59.7 Å². The van der Waals surface area contributed by atoms with Crippen LogP contribution in [0.2, 0.25) is 0 Å². The highest BCUT2D eigenvalue weighted by atomic mass is 16.5. The summed E-state index contributed by atoms with van der Waals surface area (Å²) >= 11 is 0. The van der Waals surface area contributed by atoms with Crippen molar-refractivity contribution in [1.82, 2.24) is 10.2 Å². The van der Waals surface area contributed by atoms with Crippen LogP contribution in [0, 0.1) is 0 Å². The van der Waals surface area contributed by atoms with E-state index in [4.69, 9.17) is 4.74 Å². The number of benzene rings is 2. The Kier molecular flexibility index (Phi) is 6.88. The summed E-state index contributed by atoms with van der Waals surface area (Å²) in [6, 6.07) is 16.1. The molecule has 0 spiro atoms. The number of aliphatic carboxylic acids is 1. The van der Waals surface area contributed by atoms with Crippen molar-refractivity contribution in [3.63, 3.8) is 0 Å². The number of amides is 2. The van der Waals surface area contributed by atoms with E-state index in [0.717, 1.165) is 35.1 Å². The summed E-state index contributed by atoms with van der Waals surface area (Å²) < 4.78 is 5.44. The predicted octanol–water partition coefficient (Wildman–Crippen LogP) is 3.13. The molecule has 0 saturated carbocycles. The summed E-state index contributed by atoms with van der Waals surface area (Å²) in [5.41, 5.74) is 3.20. The molecule has 34 heavy (non-hydrogen) atoms. The quantitative estimate of drug-likeness (QED) is 0.577. The van der Waals surface area contributed by atoms with Crippen LogP contribution in [-0.4, -0.2) is 64.4 Å². The monoisotopic (exact) mass is 466 g/mol. The number of rotatable bonds is 7. The molecule has 2 aromatic rings. The molecule has 8 heteroatoms. The fourth-order valence-electron chi connectivity index (χ4n) is 4.98. The lowest BCUT2D eigenvalue weighted by molar-refractivity contribution is -0.161. The second-order valence-corrected chi connectivity index (χ2v) is 9.15. The highest BCUT2D eigenvalue weighted by Crippen LogP contribution is 2.44. The van der Waals surface area contributed by atoms with Crippen LogP contribution < -0.4 is 5.32 Å². The Morgan fingerprint density at radius 1 is 1.09 bits per heavy atom. The molecule has 4 rings (SSSR count). The number of carboxylic acid groups (broad SMARTS) is 1. The number of nitrogens with one attached hydrogen (secondary N) is 1. The smallest absolute Gasteiger partial charge is 0.407 e. The third-order valence-corrected chi connectivity index (χ3v) is 6.89. The summed E-state index contributed by atoms with van der Waals surface area (Å²) in [6.07, 6.45) is -0.259. The first kappa shape index (κ1) is 23.8. The van der Waals surface area contributed by atoms with Crippen molar-refractivity contribution in [2.45, 2.75) is 50.2 Å². The van der Waals surface area contributed by atoms with Crippen molar-refractivity contribution in [2.24, 2.45) is 0 Å². The molecule has 1 fully saturated rings. The number of carbonyl (C=O) groups excluding carboxylic acids is 2. The maximum Gasteiger partial charge on any atom is 0.407 e. The second-order valence-electron chi connectivity index (χ2n) is 9.15. The Hall–Kier alpha value is -3.39. The molecule has 2 atom stereocenters. The molecule has 0 bridgehead atoms. The maximum absolute atomic E-state index is 12.7. The minimum absolute atomic E-state index is 0.0718. The van der Waals surface area contributed by atoms with Gasteiger partial charge in [0.1, 0.15) is 12.1 Å². The molecular weight excluding hydrogens is 436 g/mol. The van der Waals surface area contributed by atoms with E-state index in [2.05, 4.69) is 17.4 Å². The minimum Gasteiger partial charge on any atom is -0.480 e. The van der Waals surface area contributed by atoms with Gasteiger partial charge in [-0.25, -0.2) is 9.59 Å². The molecule has 0 aromatic heterocycles. The Morgan fingerprint density at radius 3 is 2.32 bits per heavy atom. The number of fused-ring (bicyclic) bond motifs is 3. The largest absolute Gasteiger partial charge is 0.480 e. The van der Waals surface area contributed by atoms with Gasteiger partial charge in [-0.2, -0.15) is 0 Å². The molecule has 2 unspecified atom stereocenters. The van der Waals surface area contributed by atoms with Crippen molar-refractivity contribution in [1.29, 1.82) is 0 Å². The number of hydrogen-bond donors (Lipinski definition) is 3. The fourth-order valence-corrected chi connectivity index (χ4v) is 4.98. The van der Waals surface area contributed by atoms with E-state index in [0.29, 0.717) is 13.0 Å². The summed E-state index contributed by atoms with van der Waals surface area (Å²) in [6.45, 7) is 1.86. The number of carbonyl (C=O) groups is 3. The van der Waals surface area contributed by atoms with E-state index in [1.165, 1.54) is 11.8 Å². The van der Waals surface area contributed by atoms with Gasteiger partial charge in [-0.1, -0.05) is 48.5 Å². The number of hydrogen-bond acceptors (Lipinski definition) is 5. The zero-order valence-corrected chi connectivity index (χ0v) is 19.2. The molecule has 1 saturated heterocycles. The van der Waals surface area contributed by atoms with Gasteiger partial charge in [0.05, 0.1) is 12.5 Å². The molecular formula is C26H30N2O6. The topological polar surface area (TPSA) is 116 Å². The molecule has 3 N–H and O–H groups in total. The van der Waals surface area contributed by atoms with Gasteiger partial charge in [-0.15, -0.1) is 0 Å². The van der Waals surface area contributed by atoms with Crippen molar-refractivity contribution < 1.29 is 29.3 Å². The fraction of sp³-hybridized carbons (Fsp3) is 0.423. The summed E-state index contributed by atoms with van der Waals surface area (Å²) in [5, 5.41) is 22.4. The van der Waals surface area contributed by atoms with Gasteiger partial charge in [-0.05, 0) is 48.4 Å². The highest BCUT2D eigenvalue weighted by molar-refractivity contribution is 5.87. The number of aliphatic hydroxyl groups excluding tert-OH is 1. The van der Waals surface area contributed by atoms with E-state index in [9.17, 15) is 24.6 Å². The first-order valence-electron chi connectivity index (χ1n) is 11.6. The third-order valence-electron chi connectivity index (χ3n) is 6.89. The summed E-state index contributed by atoms with van der Waals surface area (Å²) in [4.78, 5) is 38.0. The van der Waals surface area contributed by atoms with Gasteiger partial charge in [-0.3, -0.25) is 4.79 Å². The van der Waals surface area contributed by atoms with Crippen molar-refractivity contribution >= 4 is 18.0 Å². The number of carboxylic acids is 1. The summed E-state index contributed by atoms with van der Waals surface area (Å²) in [5.74, 6) is -1.56. The Bertz CT molecular complexity index is 1040. The van der Waals surface area contributed by atoms with Crippen molar-refractivity contribution in [3.8, 4) is 11.1 Å². The van der Waals surface area contributed by atoms with Crippen LogP contribution in [0.4, 0.5) is 4.79 Å². The van der Waals surface area contributed by atoms with E-state index >= 15 is 0 Å². The van der Waals surface area contributed by atoms with Gasteiger partial charge >= 0.3 is 12.1 Å². The average molecular weight is 467 g/mol. The van der Waals surface area contributed by atoms with E-state index < -0.39 is 29.6 Å². The molecule has 2 amide bonds. The van der Waals surface area contributed by atoms with E-state index in [1.54, 1.807) is 0 Å². The first-order chi connectivity index (χ1) is 16.3. The van der Waals surface area contributed by atoms with Crippen LogP contribution in [-0.2, 0) is 14.3 Å². The van der Waals surface area contributed by atoms with Crippen LogP contribution >= 0.6 is 0 Å². The molecule has 1 heterocycles. The third kappa shape index (κ3) is 4.63. The molecule has 180 valence electrons. The van der Waals surface area contributed by atoms with Crippen LogP contribution in [0.3, 0.4) is 0 Å². The molecule has 2 aromatic carbocycles. The number of alkyl carbamates (subject to hydrolysis) is 1. The first-order valence-corrected chi connectivity index (χ1v) is 11.6. The van der Waals surface area contributed by atoms with Crippen LogP contribution in [0.1, 0.15) is 49.7 Å². The Labute approximate surface area is 198 Å². The predicted molar refractivity (Wildman–Crippen MR) is 125 cm³/mol. The van der Waals surface area contributed by atoms with E-state index in [1.807, 2.05) is 36.4 Å². The van der Waals surface area contributed by atoms with Gasteiger partial charge in [0.15, 0.2) is 0 Å². The minimum atomic E-state index is -1.27. The van der Waals surface area contributed by atoms with Gasteiger partial charge in [0.25, 0.3) is 0 Å². The number of nitrogens with zero attached hydrogens (tertiary/aromatic N) is 1. The van der Waals surface area contributed by atoms with Gasteiger partial charge in [0.2, 0.25) is 5.91 Å². The molecule has 2 aliphatic rings. The lowest BCUT2D eigenvalue weighted by atomic mass is 9.88.